The molecule has 0 aliphatic carbocycles. The lowest BCUT2D eigenvalue weighted by molar-refractivity contribution is 0.0420. The second kappa shape index (κ2) is 10.5. The van der Waals surface area contributed by atoms with E-state index in [-0.39, 0.29) is 6.10 Å². The van der Waals surface area contributed by atoms with Crippen molar-refractivity contribution in [3.63, 3.8) is 0 Å². The van der Waals surface area contributed by atoms with Gasteiger partial charge in [0.15, 0.2) is 15.8 Å². The van der Waals surface area contributed by atoms with Gasteiger partial charge in [-0.3, -0.25) is 0 Å². The smallest absolute Gasteiger partial charge is 0.191 e. The molecular weight excluding hydrogens is 354 g/mol. The number of aliphatic imine (C=N–C) groups is 1. The van der Waals surface area contributed by atoms with Crippen LogP contribution in [0.3, 0.4) is 0 Å². The third-order valence-electron chi connectivity index (χ3n) is 3.97. The first-order valence-corrected chi connectivity index (χ1v) is 10.9. The van der Waals surface area contributed by atoms with E-state index in [1.807, 2.05) is 6.92 Å². The van der Waals surface area contributed by atoms with E-state index in [1.54, 1.807) is 24.3 Å². The van der Waals surface area contributed by atoms with Gasteiger partial charge in [-0.05, 0) is 37.5 Å². The predicted octanol–water partition coefficient (Wildman–Crippen LogP) is 1.34. The zero-order valence-electron chi connectivity index (χ0n) is 15.5. The van der Waals surface area contributed by atoms with Crippen LogP contribution in [0.5, 0.6) is 0 Å². The van der Waals surface area contributed by atoms with Gasteiger partial charge in [0.2, 0.25) is 0 Å². The highest BCUT2D eigenvalue weighted by Gasteiger charge is 2.15. The molecule has 0 bridgehead atoms. The van der Waals surface area contributed by atoms with Gasteiger partial charge in [0, 0.05) is 32.6 Å². The Balaban J connectivity index is 1.76. The van der Waals surface area contributed by atoms with Crippen LogP contribution in [-0.4, -0.2) is 59.6 Å². The van der Waals surface area contributed by atoms with Crippen molar-refractivity contribution in [1.82, 2.24) is 10.6 Å². The average molecular weight is 384 g/mol. The van der Waals surface area contributed by atoms with E-state index >= 15 is 0 Å². The van der Waals surface area contributed by atoms with Gasteiger partial charge in [0.1, 0.15) is 0 Å². The summed E-state index contributed by atoms with van der Waals surface area (Å²) in [5.41, 5.74) is 0.958. The van der Waals surface area contributed by atoms with Gasteiger partial charge < -0.3 is 20.1 Å². The SMILES string of the molecule is CCNC(=NCc1ccc(S(C)(=O)=O)cc1)NCCCOC1CCOC1. The van der Waals surface area contributed by atoms with Gasteiger partial charge in [-0.2, -0.15) is 0 Å². The average Bonchev–Trinajstić information content (AvgIpc) is 3.12. The quantitative estimate of drug-likeness (QED) is 0.380. The van der Waals surface area contributed by atoms with E-state index < -0.39 is 9.84 Å². The monoisotopic (exact) mass is 383 g/mol. The molecule has 1 aromatic rings. The summed E-state index contributed by atoms with van der Waals surface area (Å²) >= 11 is 0. The Bertz CT molecular complexity index is 668. The molecule has 1 unspecified atom stereocenters. The lowest BCUT2D eigenvalue weighted by Gasteiger charge is -2.13. The number of guanidine groups is 1. The molecule has 1 aromatic carbocycles. The van der Waals surface area contributed by atoms with E-state index in [4.69, 9.17) is 9.47 Å². The number of hydrogen-bond acceptors (Lipinski definition) is 5. The summed E-state index contributed by atoms with van der Waals surface area (Å²) in [4.78, 5) is 4.86. The number of rotatable bonds is 9. The van der Waals surface area contributed by atoms with Crippen LogP contribution in [0.25, 0.3) is 0 Å². The van der Waals surface area contributed by atoms with Crippen molar-refractivity contribution in [3.05, 3.63) is 29.8 Å². The van der Waals surface area contributed by atoms with Crippen LogP contribution in [0.15, 0.2) is 34.2 Å². The second-order valence-corrected chi connectivity index (χ2v) is 8.26. The minimum atomic E-state index is -3.16. The number of nitrogens with zero attached hydrogens (tertiary/aromatic N) is 1. The standard InChI is InChI=1S/C18H29N3O4S/c1-3-19-18(20-10-4-11-25-16-9-12-24-14-16)21-13-15-5-7-17(8-6-15)26(2,22)23/h5-8,16H,3-4,9-14H2,1-2H3,(H2,19,20,21). The molecule has 0 radical (unpaired) electrons. The van der Waals surface area contributed by atoms with Crippen LogP contribution in [0, 0.1) is 0 Å². The first-order chi connectivity index (χ1) is 12.5. The van der Waals surface area contributed by atoms with E-state index in [2.05, 4.69) is 15.6 Å². The molecule has 26 heavy (non-hydrogen) atoms. The number of benzene rings is 1. The predicted molar refractivity (Wildman–Crippen MR) is 102 cm³/mol. The molecule has 1 heterocycles. The minimum Gasteiger partial charge on any atom is -0.379 e. The highest BCUT2D eigenvalue weighted by Crippen LogP contribution is 2.11. The highest BCUT2D eigenvalue weighted by atomic mass is 32.2. The Kier molecular flexibility index (Phi) is 8.34. The van der Waals surface area contributed by atoms with E-state index in [9.17, 15) is 8.42 Å². The molecule has 0 amide bonds. The summed E-state index contributed by atoms with van der Waals surface area (Å²) in [6.45, 7) is 6.24. The molecular formula is C18H29N3O4S. The number of ether oxygens (including phenoxy) is 2. The van der Waals surface area contributed by atoms with Crippen LogP contribution in [0.1, 0.15) is 25.3 Å². The first-order valence-electron chi connectivity index (χ1n) is 8.99. The van der Waals surface area contributed by atoms with Crippen molar-refractivity contribution in [1.29, 1.82) is 0 Å². The Morgan fingerprint density at radius 1 is 1.31 bits per heavy atom. The first kappa shape index (κ1) is 20.7. The van der Waals surface area contributed by atoms with Crippen LogP contribution in [-0.2, 0) is 25.9 Å². The fourth-order valence-corrected chi connectivity index (χ4v) is 3.16. The lowest BCUT2D eigenvalue weighted by Crippen LogP contribution is -2.38. The van der Waals surface area contributed by atoms with Gasteiger partial charge >= 0.3 is 0 Å². The largest absolute Gasteiger partial charge is 0.379 e. The van der Waals surface area contributed by atoms with Crippen LogP contribution < -0.4 is 10.6 Å². The Morgan fingerprint density at radius 3 is 2.69 bits per heavy atom. The molecule has 1 saturated heterocycles. The molecule has 1 atom stereocenters. The Labute approximate surface area is 156 Å². The summed E-state index contributed by atoms with van der Waals surface area (Å²) < 4.78 is 34.0. The number of nitrogens with one attached hydrogen (secondary N) is 2. The van der Waals surface area contributed by atoms with Gasteiger partial charge in [-0.1, -0.05) is 12.1 Å². The molecule has 2 N–H and O–H groups in total. The maximum absolute atomic E-state index is 11.5. The zero-order chi connectivity index (χ0) is 18.8. The fraction of sp³-hybridized carbons (Fsp3) is 0.611. The highest BCUT2D eigenvalue weighted by molar-refractivity contribution is 7.90. The summed E-state index contributed by atoms with van der Waals surface area (Å²) in [5, 5.41) is 6.49. The minimum absolute atomic E-state index is 0.242. The maximum atomic E-state index is 11.5. The van der Waals surface area contributed by atoms with Gasteiger partial charge in [0.25, 0.3) is 0 Å². The van der Waals surface area contributed by atoms with Crippen molar-refractivity contribution >= 4 is 15.8 Å². The third-order valence-corrected chi connectivity index (χ3v) is 5.10. The van der Waals surface area contributed by atoms with Crippen molar-refractivity contribution in [3.8, 4) is 0 Å². The van der Waals surface area contributed by atoms with Crippen molar-refractivity contribution < 1.29 is 17.9 Å². The van der Waals surface area contributed by atoms with Gasteiger partial charge in [-0.25, -0.2) is 13.4 Å². The molecule has 1 fully saturated rings. The molecule has 8 heteroatoms. The molecule has 0 aromatic heterocycles. The second-order valence-electron chi connectivity index (χ2n) is 6.25. The van der Waals surface area contributed by atoms with E-state index in [0.29, 0.717) is 24.7 Å². The molecule has 2 rings (SSSR count). The summed E-state index contributed by atoms with van der Waals surface area (Å²) in [6, 6.07) is 6.82. The maximum Gasteiger partial charge on any atom is 0.191 e. The fourth-order valence-electron chi connectivity index (χ4n) is 2.53. The molecule has 0 spiro atoms. The third kappa shape index (κ3) is 7.31. The number of sulfone groups is 1. The van der Waals surface area contributed by atoms with E-state index in [0.717, 1.165) is 44.1 Å². The normalized spacial score (nSPS) is 18.1. The molecule has 146 valence electrons. The molecule has 7 nitrogen and oxygen atoms in total. The van der Waals surface area contributed by atoms with Gasteiger partial charge in [-0.15, -0.1) is 0 Å². The van der Waals surface area contributed by atoms with Crippen molar-refractivity contribution in [2.75, 3.05) is 39.2 Å². The van der Waals surface area contributed by atoms with Crippen LogP contribution in [0.2, 0.25) is 0 Å². The Hall–Kier alpha value is -1.64. The van der Waals surface area contributed by atoms with Crippen LogP contribution in [0.4, 0.5) is 0 Å². The topological polar surface area (TPSA) is 89.0 Å². The Morgan fingerprint density at radius 2 is 2.08 bits per heavy atom. The van der Waals surface area contributed by atoms with Crippen molar-refractivity contribution in [2.24, 2.45) is 4.99 Å². The zero-order valence-corrected chi connectivity index (χ0v) is 16.3. The molecule has 0 saturated carbocycles. The summed E-state index contributed by atoms with van der Waals surface area (Å²) in [7, 11) is -3.16. The summed E-state index contributed by atoms with van der Waals surface area (Å²) in [5.74, 6) is 0.740. The molecule has 1 aliphatic heterocycles. The van der Waals surface area contributed by atoms with E-state index in [1.165, 1.54) is 6.26 Å². The van der Waals surface area contributed by atoms with Crippen LogP contribution >= 0.6 is 0 Å². The van der Waals surface area contributed by atoms with Gasteiger partial charge in [0.05, 0.1) is 24.2 Å². The summed E-state index contributed by atoms with van der Waals surface area (Å²) in [6.07, 6.45) is 3.32. The van der Waals surface area contributed by atoms with Crippen molar-refractivity contribution in [2.45, 2.75) is 37.3 Å². The molecule has 1 aliphatic rings. The lowest BCUT2D eigenvalue weighted by atomic mass is 10.2. The number of hydrogen-bond donors (Lipinski definition) is 2.